The summed E-state index contributed by atoms with van der Waals surface area (Å²) in [4.78, 5) is 4.44. The Morgan fingerprint density at radius 1 is 1.00 bits per heavy atom. The Morgan fingerprint density at radius 2 is 1.59 bits per heavy atom. The van der Waals surface area contributed by atoms with Crippen LogP contribution in [-0.2, 0) is 6.54 Å². The van der Waals surface area contributed by atoms with Crippen molar-refractivity contribution in [2.24, 2.45) is 0 Å². The normalized spacial score (nSPS) is 10.4. The molecule has 0 amide bonds. The zero-order valence-corrected chi connectivity index (χ0v) is 12.3. The Bertz CT molecular complexity index is 720. The summed E-state index contributed by atoms with van der Waals surface area (Å²) in [6.07, 6.45) is 3.63. The number of nitrogens with zero attached hydrogens (tertiary/aromatic N) is 3. The highest BCUT2D eigenvalue weighted by atomic mass is 15.0. The van der Waals surface area contributed by atoms with Crippen LogP contribution < -0.4 is 5.72 Å². The molecule has 1 heterocycles. The summed E-state index contributed by atoms with van der Waals surface area (Å²) in [6, 6.07) is 23.1. The van der Waals surface area contributed by atoms with Gasteiger partial charge in [-0.05, 0) is 16.9 Å². The summed E-state index contributed by atoms with van der Waals surface area (Å²) < 4.78 is 1.92. The van der Waals surface area contributed by atoms with Crippen LogP contribution in [0.15, 0.2) is 73.1 Å². The van der Waals surface area contributed by atoms with E-state index in [4.69, 9.17) is 5.26 Å². The van der Waals surface area contributed by atoms with Gasteiger partial charge in [-0.3, -0.25) is 4.98 Å². The fraction of sp³-hybridized carbons (Fsp3) is 0.111. The van der Waals surface area contributed by atoms with Gasteiger partial charge in [0.05, 0.1) is 11.8 Å². The van der Waals surface area contributed by atoms with Gasteiger partial charge in [0.1, 0.15) is 6.54 Å². The molecule has 0 radical (unpaired) electrons. The largest absolute Gasteiger partial charge is 0.329 e. The summed E-state index contributed by atoms with van der Waals surface area (Å²) in [5, 5.41) is 8.93. The van der Waals surface area contributed by atoms with Gasteiger partial charge in [-0.25, -0.2) is 0 Å². The van der Waals surface area contributed by atoms with Crippen LogP contribution in [0.4, 0.5) is 0 Å². The van der Waals surface area contributed by atoms with Gasteiger partial charge in [-0.15, -0.1) is 0 Å². The lowest BCUT2D eigenvalue weighted by Crippen LogP contribution is -2.31. The zero-order valence-electron chi connectivity index (χ0n) is 12.3. The average molecular weight is 285 g/mol. The highest BCUT2D eigenvalue weighted by Crippen LogP contribution is 2.22. The standard InChI is InChI=1S/C18H16BN3/c20-11-13-22-14-12-21-18(22)19-17(15-7-3-1-4-8-15)16-9-5-2-6-10-16/h1-10,12,14,17,19H,13H2. The van der Waals surface area contributed by atoms with Crippen molar-refractivity contribution in [2.45, 2.75) is 12.4 Å². The predicted molar refractivity (Wildman–Crippen MR) is 89.4 cm³/mol. The monoisotopic (exact) mass is 285 g/mol. The van der Waals surface area contributed by atoms with E-state index in [0.29, 0.717) is 6.54 Å². The molecule has 106 valence electrons. The average Bonchev–Trinajstić information content (AvgIpc) is 3.02. The molecule has 0 atom stereocenters. The van der Waals surface area contributed by atoms with Gasteiger partial charge in [0.15, 0.2) is 0 Å². The third kappa shape index (κ3) is 3.10. The molecule has 0 saturated carbocycles. The summed E-state index contributed by atoms with van der Waals surface area (Å²) >= 11 is 0. The molecule has 22 heavy (non-hydrogen) atoms. The van der Waals surface area contributed by atoms with Gasteiger partial charge in [0, 0.05) is 12.4 Å². The number of imidazole rings is 1. The molecule has 3 aromatic rings. The highest BCUT2D eigenvalue weighted by Gasteiger charge is 2.19. The number of hydrogen-bond acceptors (Lipinski definition) is 2. The van der Waals surface area contributed by atoms with Crippen LogP contribution in [0.2, 0.25) is 0 Å². The molecule has 0 spiro atoms. The molecule has 2 aromatic carbocycles. The predicted octanol–water partition coefficient (Wildman–Crippen LogP) is 2.26. The Labute approximate surface area is 131 Å². The Balaban J connectivity index is 1.96. The second-order valence-electron chi connectivity index (χ2n) is 5.21. The van der Waals surface area contributed by atoms with E-state index in [0.717, 1.165) is 13.0 Å². The Hall–Kier alpha value is -2.80. The van der Waals surface area contributed by atoms with Gasteiger partial charge in [0.2, 0.25) is 7.28 Å². The second kappa shape index (κ2) is 6.77. The van der Waals surface area contributed by atoms with E-state index in [1.807, 2.05) is 22.9 Å². The van der Waals surface area contributed by atoms with Crippen LogP contribution in [-0.4, -0.2) is 16.8 Å². The molecule has 0 N–H and O–H groups in total. The molecule has 0 aliphatic carbocycles. The third-order valence-corrected chi connectivity index (χ3v) is 3.83. The van der Waals surface area contributed by atoms with Crippen molar-refractivity contribution in [2.75, 3.05) is 0 Å². The maximum atomic E-state index is 8.93. The van der Waals surface area contributed by atoms with E-state index in [1.165, 1.54) is 11.1 Å². The number of hydrogen-bond donors (Lipinski definition) is 0. The third-order valence-electron chi connectivity index (χ3n) is 3.83. The van der Waals surface area contributed by atoms with Crippen LogP contribution in [0, 0.1) is 11.3 Å². The summed E-state index contributed by atoms with van der Waals surface area (Å²) in [5.41, 5.74) is 3.47. The van der Waals surface area contributed by atoms with E-state index in [1.54, 1.807) is 6.20 Å². The molecule has 3 nitrogen and oxygen atoms in total. The van der Waals surface area contributed by atoms with Crippen LogP contribution >= 0.6 is 0 Å². The minimum absolute atomic E-state index is 0.238. The SMILES string of the molecule is N#CCn1ccnc1BC(c1ccccc1)c1ccccc1. The number of rotatable bonds is 5. The lowest BCUT2D eigenvalue weighted by Gasteiger charge is -2.17. The minimum Gasteiger partial charge on any atom is -0.329 e. The van der Waals surface area contributed by atoms with E-state index in [-0.39, 0.29) is 5.82 Å². The van der Waals surface area contributed by atoms with Crippen LogP contribution in [0.25, 0.3) is 0 Å². The van der Waals surface area contributed by atoms with Gasteiger partial charge < -0.3 is 4.57 Å². The van der Waals surface area contributed by atoms with Crippen molar-refractivity contribution in [3.63, 3.8) is 0 Å². The number of benzene rings is 2. The van der Waals surface area contributed by atoms with E-state index >= 15 is 0 Å². The lowest BCUT2D eigenvalue weighted by molar-refractivity contribution is 0.856. The van der Waals surface area contributed by atoms with E-state index in [9.17, 15) is 0 Å². The molecular weight excluding hydrogens is 269 g/mol. The molecule has 0 unspecified atom stereocenters. The topological polar surface area (TPSA) is 41.6 Å². The van der Waals surface area contributed by atoms with Crippen molar-refractivity contribution in [1.82, 2.24) is 9.55 Å². The molecular formula is C18H16BN3. The van der Waals surface area contributed by atoms with Gasteiger partial charge in [-0.1, -0.05) is 60.7 Å². The molecule has 0 aliphatic rings. The maximum Gasteiger partial charge on any atom is 0.217 e. The second-order valence-corrected chi connectivity index (χ2v) is 5.21. The first-order valence-electron chi connectivity index (χ1n) is 7.35. The fourth-order valence-electron chi connectivity index (χ4n) is 2.73. The van der Waals surface area contributed by atoms with Crippen molar-refractivity contribution < 1.29 is 0 Å². The van der Waals surface area contributed by atoms with E-state index < -0.39 is 0 Å². The quantitative estimate of drug-likeness (QED) is 0.675. The molecule has 4 heteroatoms. The van der Waals surface area contributed by atoms with Crippen molar-refractivity contribution >= 4 is 13.0 Å². The highest BCUT2D eigenvalue weighted by molar-refractivity contribution is 6.54. The Morgan fingerprint density at radius 3 is 2.14 bits per heavy atom. The smallest absolute Gasteiger partial charge is 0.217 e. The molecule has 1 aromatic heterocycles. The van der Waals surface area contributed by atoms with E-state index in [2.05, 4.69) is 59.6 Å². The number of aromatic nitrogens is 2. The van der Waals surface area contributed by atoms with Crippen molar-refractivity contribution in [1.29, 1.82) is 5.26 Å². The maximum absolute atomic E-state index is 8.93. The fourth-order valence-corrected chi connectivity index (χ4v) is 2.73. The Kier molecular flexibility index (Phi) is 4.36. The summed E-state index contributed by atoms with van der Waals surface area (Å²) in [5.74, 6) is 0.238. The molecule has 0 saturated heterocycles. The lowest BCUT2D eigenvalue weighted by atomic mass is 9.58. The summed E-state index contributed by atoms with van der Waals surface area (Å²) in [7, 11) is 0.780. The van der Waals surface area contributed by atoms with Gasteiger partial charge in [0.25, 0.3) is 0 Å². The molecule has 3 rings (SSSR count). The number of nitriles is 1. The zero-order chi connectivity index (χ0) is 15.2. The first-order valence-corrected chi connectivity index (χ1v) is 7.35. The van der Waals surface area contributed by atoms with Crippen LogP contribution in [0.3, 0.4) is 0 Å². The van der Waals surface area contributed by atoms with Crippen LogP contribution in [0.1, 0.15) is 16.9 Å². The first kappa shape index (κ1) is 14.2. The van der Waals surface area contributed by atoms with Crippen molar-refractivity contribution in [3.8, 4) is 6.07 Å². The van der Waals surface area contributed by atoms with Gasteiger partial charge >= 0.3 is 0 Å². The summed E-state index contributed by atoms with van der Waals surface area (Å²) in [6.45, 7) is 0.339. The molecule has 0 bridgehead atoms. The molecule has 0 fully saturated rings. The molecule has 0 aliphatic heterocycles. The van der Waals surface area contributed by atoms with Crippen LogP contribution in [0.5, 0.6) is 0 Å². The minimum atomic E-state index is 0.238. The van der Waals surface area contributed by atoms with Crippen molar-refractivity contribution in [3.05, 3.63) is 84.2 Å². The van der Waals surface area contributed by atoms with Gasteiger partial charge in [-0.2, -0.15) is 5.26 Å². The first-order chi connectivity index (χ1) is 10.9.